The highest BCUT2D eigenvalue weighted by Crippen LogP contribution is 2.27. The van der Waals surface area contributed by atoms with Crippen molar-refractivity contribution in [1.29, 1.82) is 0 Å². The molecule has 0 spiro atoms. The van der Waals surface area contributed by atoms with Crippen LogP contribution in [0.5, 0.6) is 5.75 Å². The number of carboxylic acids is 1. The molecule has 47 heavy (non-hydrogen) atoms. The lowest BCUT2D eigenvalue weighted by molar-refractivity contribution is -0.167. The number of unbranched alkanes of at least 4 members (excludes halogenated alkanes) is 8. The number of carboxylic acid groups (broad SMARTS) is 1. The first-order valence-electron chi connectivity index (χ1n) is 17.2. The van der Waals surface area contributed by atoms with Crippen molar-refractivity contribution in [2.75, 3.05) is 13.7 Å². The number of aliphatic carboxylic acids is 1. The van der Waals surface area contributed by atoms with Gasteiger partial charge in [0, 0.05) is 18.9 Å². The van der Waals surface area contributed by atoms with E-state index >= 15 is 0 Å². The van der Waals surface area contributed by atoms with E-state index in [1.807, 2.05) is 12.1 Å². The highest BCUT2D eigenvalue weighted by atomic mass is 16.5. The molecule has 1 aromatic carbocycles. The number of benzene rings is 1. The number of Topliss-reactive ketones (excluding diaryl/α,β-unsaturated/α-hetero) is 1. The maximum atomic E-state index is 13.6. The van der Waals surface area contributed by atoms with Crippen LogP contribution in [0.25, 0.3) is 0 Å². The Labute approximate surface area is 281 Å². The molecule has 0 bridgehead atoms. The molecule has 0 saturated carbocycles. The second-order valence-corrected chi connectivity index (χ2v) is 12.1. The molecule has 0 aliphatic heterocycles. The number of hydrogen-bond donors (Lipinski definition) is 3. The third kappa shape index (κ3) is 17.2. The first-order chi connectivity index (χ1) is 22.6. The van der Waals surface area contributed by atoms with Crippen LogP contribution >= 0.6 is 0 Å². The monoisotopic (exact) mass is 655 g/mol. The predicted molar refractivity (Wildman–Crippen MR) is 184 cm³/mol. The fourth-order valence-electron chi connectivity index (χ4n) is 5.41. The third-order valence-corrected chi connectivity index (χ3v) is 8.14. The van der Waals surface area contributed by atoms with E-state index in [2.05, 4.69) is 24.1 Å². The van der Waals surface area contributed by atoms with Gasteiger partial charge in [-0.1, -0.05) is 89.0 Å². The van der Waals surface area contributed by atoms with Crippen LogP contribution in [0.2, 0.25) is 0 Å². The average Bonchev–Trinajstić information content (AvgIpc) is 3.04. The first-order valence-corrected chi connectivity index (χ1v) is 17.2. The van der Waals surface area contributed by atoms with Crippen molar-refractivity contribution in [2.45, 2.75) is 135 Å². The van der Waals surface area contributed by atoms with Gasteiger partial charge in [0.2, 0.25) is 5.91 Å². The third-order valence-electron chi connectivity index (χ3n) is 8.14. The van der Waals surface area contributed by atoms with Gasteiger partial charge in [-0.05, 0) is 63.1 Å². The average molecular weight is 656 g/mol. The molecule has 0 heterocycles. The summed E-state index contributed by atoms with van der Waals surface area (Å²) in [6.45, 7) is 5.91. The molecule has 9 nitrogen and oxygen atoms in total. The van der Waals surface area contributed by atoms with E-state index in [1.165, 1.54) is 32.4 Å². The van der Waals surface area contributed by atoms with Crippen molar-refractivity contribution < 1.29 is 38.9 Å². The summed E-state index contributed by atoms with van der Waals surface area (Å²) in [6.07, 6.45) is 14.6. The molecule has 0 radical (unpaired) electrons. The Balaban J connectivity index is 2.85. The van der Waals surface area contributed by atoms with Crippen LogP contribution in [0.3, 0.4) is 0 Å². The van der Waals surface area contributed by atoms with Gasteiger partial charge in [-0.25, -0.2) is 4.79 Å². The number of ether oxygens (including phenoxy) is 2. The highest BCUT2D eigenvalue weighted by Gasteiger charge is 2.46. The number of hydrogen-bond acceptors (Lipinski definition) is 7. The predicted octanol–water partition coefficient (Wildman–Crippen LogP) is 6.74. The van der Waals surface area contributed by atoms with Crippen molar-refractivity contribution >= 4 is 23.6 Å². The number of methoxy groups -OCH3 is 1. The van der Waals surface area contributed by atoms with Crippen molar-refractivity contribution in [3.05, 3.63) is 42.0 Å². The molecule has 0 aromatic heterocycles. The van der Waals surface area contributed by atoms with E-state index < -0.39 is 35.4 Å². The van der Waals surface area contributed by atoms with Gasteiger partial charge in [-0.15, -0.1) is 5.92 Å². The summed E-state index contributed by atoms with van der Waals surface area (Å²) in [5.41, 5.74) is -1.50. The van der Waals surface area contributed by atoms with Gasteiger partial charge in [0.1, 0.15) is 18.1 Å². The summed E-state index contributed by atoms with van der Waals surface area (Å²) >= 11 is 0. The second kappa shape index (κ2) is 24.5. The largest absolute Gasteiger partial charge is 0.481 e. The van der Waals surface area contributed by atoms with Crippen molar-refractivity contribution in [3.63, 3.8) is 0 Å². The molecule has 0 unspecified atom stereocenters. The van der Waals surface area contributed by atoms with Crippen LogP contribution in [-0.4, -0.2) is 59.2 Å². The van der Waals surface area contributed by atoms with Gasteiger partial charge in [0.15, 0.2) is 5.60 Å². The number of carbonyl (C=O) groups is 4. The second-order valence-electron chi connectivity index (χ2n) is 12.1. The number of aliphatic hydroxyl groups is 1. The van der Waals surface area contributed by atoms with Crippen molar-refractivity contribution in [1.82, 2.24) is 5.32 Å². The summed E-state index contributed by atoms with van der Waals surface area (Å²) in [6, 6.07) is 6.47. The number of esters is 1. The number of allylic oxidation sites excluding steroid dienone is 1. The topological polar surface area (TPSA) is 139 Å². The minimum Gasteiger partial charge on any atom is -0.481 e. The molecule has 0 fully saturated rings. The first kappa shape index (κ1) is 41.4. The smallest absolute Gasteiger partial charge is 0.336 e. The summed E-state index contributed by atoms with van der Waals surface area (Å²) in [4.78, 5) is 50.2. The molecular formula is C38H57NO8. The SMILES string of the molecule is CC#CCOc1ccc(C[C@@H](CC(=O)OC)NC(=O)[C@@H](/C=C/CCCCCCC(=O)CCCCCCC)[C@@](O)(CCC)C(=O)O)cc1. The van der Waals surface area contributed by atoms with Gasteiger partial charge in [0.25, 0.3) is 0 Å². The maximum Gasteiger partial charge on any atom is 0.336 e. The number of amides is 1. The lowest BCUT2D eigenvalue weighted by atomic mass is 9.82. The molecule has 1 rings (SSSR count). The van der Waals surface area contributed by atoms with Crippen molar-refractivity contribution in [2.24, 2.45) is 5.92 Å². The van der Waals surface area contributed by atoms with Gasteiger partial charge in [-0.2, -0.15) is 0 Å². The van der Waals surface area contributed by atoms with E-state index in [9.17, 15) is 29.4 Å². The Morgan fingerprint density at radius 3 is 2.15 bits per heavy atom. The zero-order valence-corrected chi connectivity index (χ0v) is 29.0. The van der Waals surface area contributed by atoms with E-state index in [0.29, 0.717) is 37.2 Å². The number of carbonyl (C=O) groups excluding carboxylic acids is 3. The van der Waals surface area contributed by atoms with Crippen LogP contribution in [0.1, 0.15) is 123 Å². The van der Waals surface area contributed by atoms with E-state index in [0.717, 1.165) is 44.1 Å². The van der Waals surface area contributed by atoms with Gasteiger partial charge < -0.3 is 25.0 Å². The summed E-state index contributed by atoms with van der Waals surface area (Å²) in [5.74, 6) is 2.48. The van der Waals surface area contributed by atoms with Crippen LogP contribution in [-0.2, 0) is 30.3 Å². The van der Waals surface area contributed by atoms with Crippen LogP contribution in [0, 0.1) is 17.8 Å². The molecule has 9 heteroatoms. The Morgan fingerprint density at radius 2 is 1.57 bits per heavy atom. The van der Waals surface area contributed by atoms with Crippen molar-refractivity contribution in [3.8, 4) is 17.6 Å². The molecule has 3 atom stereocenters. The number of ketones is 1. The molecule has 262 valence electrons. The lowest BCUT2D eigenvalue weighted by Crippen LogP contribution is -2.53. The number of rotatable bonds is 26. The summed E-state index contributed by atoms with van der Waals surface area (Å²) < 4.78 is 10.4. The fraction of sp³-hybridized carbons (Fsp3) is 0.632. The van der Waals surface area contributed by atoms with Gasteiger partial charge in [0.05, 0.1) is 19.4 Å². The highest BCUT2D eigenvalue weighted by molar-refractivity contribution is 5.90. The Morgan fingerprint density at radius 1 is 0.936 bits per heavy atom. The maximum absolute atomic E-state index is 13.6. The molecule has 3 N–H and O–H groups in total. The van der Waals surface area contributed by atoms with Gasteiger partial charge in [-0.3, -0.25) is 14.4 Å². The van der Waals surface area contributed by atoms with E-state index in [-0.39, 0.29) is 25.9 Å². The molecule has 0 aliphatic carbocycles. The fourth-order valence-corrected chi connectivity index (χ4v) is 5.41. The molecule has 0 aliphatic rings. The summed E-state index contributed by atoms with van der Waals surface area (Å²) in [7, 11) is 1.26. The molecule has 1 aromatic rings. The standard InChI is InChI=1S/C38H57NO8/c1-5-8-10-13-16-19-32(40)20-17-14-11-12-15-18-21-34(38(45,26-7-3)37(43)44)36(42)39-31(29-35(41)46-4)28-30-22-24-33(25-23-30)47-27-9-6-2/h18,21-25,31,34,45H,5,7-8,10-17,19-20,26-29H2,1-4H3,(H,39,42)(H,43,44)/b21-18+/t31-,34+,38-/m0/s1. The minimum atomic E-state index is -2.32. The normalized spacial score (nSPS) is 13.6. The van der Waals surface area contributed by atoms with E-state index in [1.54, 1.807) is 32.1 Å². The molecule has 1 amide bonds. The zero-order chi connectivity index (χ0) is 34.9. The van der Waals surface area contributed by atoms with Crippen LogP contribution in [0.15, 0.2) is 36.4 Å². The van der Waals surface area contributed by atoms with Gasteiger partial charge >= 0.3 is 11.9 Å². The van der Waals surface area contributed by atoms with Crippen LogP contribution in [0.4, 0.5) is 0 Å². The minimum absolute atomic E-state index is 0.122. The van der Waals surface area contributed by atoms with Crippen LogP contribution < -0.4 is 10.1 Å². The zero-order valence-electron chi connectivity index (χ0n) is 29.0. The quantitative estimate of drug-likeness (QED) is 0.0432. The lowest BCUT2D eigenvalue weighted by Gasteiger charge is -2.31. The number of nitrogens with one attached hydrogen (secondary N) is 1. The molecular weight excluding hydrogens is 598 g/mol. The Kier molecular flexibility index (Phi) is 21.6. The Hall–Kier alpha value is -3.64. The Bertz CT molecular complexity index is 1170. The molecule has 0 saturated heterocycles. The van der Waals surface area contributed by atoms with E-state index in [4.69, 9.17) is 9.47 Å². The summed E-state index contributed by atoms with van der Waals surface area (Å²) in [5, 5.41) is 24.0.